The summed E-state index contributed by atoms with van der Waals surface area (Å²) in [5.41, 5.74) is 6.44. The van der Waals surface area contributed by atoms with E-state index >= 15 is 0 Å². The van der Waals surface area contributed by atoms with Gasteiger partial charge in [0, 0.05) is 20.9 Å². The summed E-state index contributed by atoms with van der Waals surface area (Å²) in [6, 6.07) is 16.6. The second kappa shape index (κ2) is 9.43. The van der Waals surface area contributed by atoms with Crippen LogP contribution in [-0.2, 0) is 9.53 Å². The number of hydrogen-bond donors (Lipinski definition) is 0. The van der Waals surface area contributed by atoms with Gasteiger partial charge in [-0.1, -0.05) is 36.4 Å². The van der Waals surface area contributed by atoms with Gasteiger partial charge in [-0.2, -0.15) is 0 Å². The summed E-state index contributed by atoms with van der Waals surface area (Å²) in [7, 11) is 1.40. The Hall–Kier alpha value is -3.23. The maximum atomic E-state index is 12.3. The Kier molecular flexibility index (Phi) is 6.34. The number of carbonyl (C=O) groups excluding carboxylic acids is 1. The minimum absolute atomic E-state index is 0.102. The van der Waals surface area contributed by atoms with E-state index in [0.29, 0.717) is 5.82 Å². The van der Waals surface area contributed by atoms with Crippen LogP contribution in [0.5, 0.6) is 0 Å². The lowest BCUT2D eigenvalue weighted by molar-refractivity contribution is -0.141. The lowest BCUT2D eigenvalue weighted by Crippen LogP contribution is -2.12. The number of rotatable bonds is 5. The van der Waals surface area contributed by atoms with Crippen LogP contribution in [0.15, 0.2) is 58.4 Å². The molecule has 2 aromatic carbocycles. The van der Waals surface area contributed by atoms with Crippen LogP contribution in [0.2, 0.25) is 0 Å². The third-order valence-corrected chi connectivity index (χ3v) is 8.34. The first-order valence-electron chi connectivity index (χ1n) is 11.3. The number of benzene rings is 2. The summed E-state index contributed by atoms with van der Waals surface area (Å²) in [5.74, 6) is 1.11. The minimum atomic E-state index is -0.489. The number of methoxy groups -OCH3 is 1. The standard InChI is InChI=1S/C27H26N4O2S2/c1-15-16(2)35-27-24(15)25(28-22(14-23(32)33-4)26-30-29-17(3)31(26)27)20-8-6-18(7-9-20)19-10-12-21(34-5)13-11-19/h6-13,22H,14H2,1-5H3/t22-/m0/s1. The Morgan fingerprint density at radius 2 is 1.63 bits per heavy atom. The average molecular weight is 503 g/mol. The molecule has 6 nitrogen and oxygen atoms in total. The largest absolute Gasteiger partial charge is 0.469 e. The second-order valence-electron chi connectivity index (χ2n) is 8.48. The number of carbonyl (C=O) groups is 1. The van der Waals surface area contributed by atoms with Crippen molar-refractivity contribution in [3.63, 3.8) is 0 Å². The number of nitrogens with zero attached hydrogens (tertiary/aromatic N) is 4. The molecular weight excluding hydrogens is 476 g/mol. The van der Waals surface area contributed by atoms with Crippen LogP contribution in [0.3, 0.4) is 0 Å². The van der Waals surface area contributed by atoms with Gasteiger partial charge in [-0.25, -0.2) is 0 Å². The van der Waals surface area contributed by atoms with Gasteiger partial charge >= 0.3 is 5.97 Å². The zero-order valence-corrected chi connectivity index (χ0v) is 22.0. The fourth-order valence-electron chi connectivity index (χ4n) is 4.37. The molecule has 0 unspecified atom stereocenters. The third kappa shape index (κ3) is 4.21. The molecule has 4 aromatic rings. The van der Waals surface area contributed by atoms with Gasteiger partial charge in [0.25, 0.3) is 0 Å². The van der Waals surface area contributed by atoms with Crippen molar-refractivity contribution >= 4 is 34.8 Å². The van der Waals surface area contributed by atoms with E-state index in [1.54, 1.807) is 23.1 Å². The fourth-order valence-corrected chi connectivity index (χ4v) is 5.99. The van der Waals surface area contributed by atoms with Crippen molar-refractivity contribution in [2.45, 2.75) is 38.1 Å². The molecule has 0 radical (unpaired) electrons. The van der Waals surface area contributed by atoms with Crippen molar-refractivity contribution < 1.29 is 9.53 Å². The molecule has 0 aliphatic carbocycles. The molecule has 0 saturated heterocycles. The Labute approximate surface area is 213 Å². The molecule has 0 fully saturated rings. The average Bonchev–Trinajstić information content (AvgIpc) is 3.36. The zero-order chi connectivity index (χ0) is 24.7. The van der Waals surface area contributed by atoms with Crippen molar-refractivity contribution in [2.24, 2.45) is 4.99 Å². The van der Waals surface area contributed by atoms with Crippen LogP contribution in [0, 0.1) is 20.8 Å². The van der Waals surface area contributed by atoms with E-state index in [-0.39, 0.29) is 12.4 Å². The summed E-state index contributed by atoms with van der Waals surface area (Å²) >= 11 is 3.44. The van der Waals surface area contributed by atoms with Gasteiger partial charge in [0.2, 0.25) is 0 Å². The van der Waals surface area contributed by atoms with E-state index in [1.807, 2.05) is 11.5 Å². The first-order valence-corrected chi connectivity index (χ1v) is 13.4. The van der Waals surface area contributed by atoms with Crippen LogP contribution < -0.4 is 0 Å². The second-order valence-corrected chi connectivity index (χ2v) is 10.6. The smallest absolute Gasteiger partial charge is 0.308 e. The molecule has 8 heteroatoms. The number of fused-ring (bicyclic) bond motifs is 3. The molecule has 1 aliphatic rings. The van der Waals surface area contributed by atoms with Crippen LogP contribution in [-0.4, -0.2) is 39.8 Å². The predicted octanol–water partition coefficient (Wildman–Crippen LogP) is 6.10. The molecular formula is C27H26N4O2S2. The van der Waals surface area contributed by atoms with Crippen molar-refractivity contribution in [2.75, 3.05) is 13.4 Å². The van der Waals surface area contributed by atoms with Crippen LogP contribution in [0.25, 0.3) is 16.1 Å². The first kappa shape index (κ1) is 23.5. The van der Waals surface area contributed by atoms with Gasteiger partial charge < -0.3 is 4.74 Å². The number of aliphatic imine (C=N–C) groups is 1. The summed E-state index contributed by atoms with van der Waals surface area (Å²) < 4.78 is 7.02. The monoisotopic (exact) mass is 502 g/mol. The number of esters is 1. The third-order valence-electron chi connectivity index (χ3n) is 6.41. The van der Waals surface area contributed by atoms with Crippen LogP contribution in [0.1, 0.15) is 45.7 Å². The van der Waals surface area contributed by atoms with Crippen molar-refractivity contribution in [1.82, 2.24) is 14.8 Å². The Morgan fingerprint density at radius 1 is 1.00 bits per heavy atom. The van der Waals surface area contributed by atoms with Gasteiger partial charge in [0.05, 0.1) is 19.2 Å². The van der Waals surface area contributed by atoms with Gasteiger partial charge in [-0.15, -0.1) is 33.3 Å². The highest BCUT2D eigenvalue weighted by atomic mass is 32.2. The van der Waals surface area contributed by atoms with Gasteiger partial charge in [-0.05, 0) is 55.9 Å². The molecule has 0 bridgehead atoms. The number of aryl methyl sites for hydroxylation is 2. The topological polar surface area (TPSA) is 69.4 Å². The van der Waals surface area contributed by atoms with Gasteiger partial charge in [0.1, 0.15) is 16.9 Å². The normalized spacial score (nSPS) is 14.7. The number of thiophene rings is 1. The summed E-state index contributed by atoms with van der Waals surface area (Å²) in [6.07, 6.45) is 2.18. The lowest BCUT2D eigenvalue weighted by Gasteiger charge is -2.12. The van der Waals surface area contributed by atoms with Gasteiger partial charge in [0.15, 0.2) is 5.82 Å². The molecule has 178 valence electrons. The SMILES string of the molecule is COC(=O)C[C@@H]1N=C(c2ccc(-c3ccc(SC)cc3)cc2)c2c(sc(C)c2C)-n2c(C)nnc21. The molecule has 0 saturated carbocycles. The lowest BCUT2D eigenvalue weighted by atomic mass is 9.97. The molecule has 0 spiro atoms. The zero-order valence-electron chi connectivity index (χ0n) is 20.3. The first-order chi connectivity index (χ1) is 16.9. The number of thioether (sulfide) groups is 1. The molecule has 5 rings (SSSR count). The highest BCUT2D eigenvalue weighted by molar-refractivity contribution is 7.98. The van der Waals surface area contributed by atoms with Crippen LogP contribution in [0.4, 0.5) is 0 Å². The molecule has 3 heterocycles. The van der Waals surface area contributed by atoms with E-state index in [4.69, 9.17) is 9.73 Å². The molecule has 0 N–H and O–H groups in total. The quantitative estimate of drug-likeness (QED) is 0.244. The number of aromatic nitrogens is 3. The number of hydrogen-bond acceptors (Lipinski definition) is 7. The minimum Gasteiger partial charge on any atom is -0.469 e. The molecule has 0 amide bonds. The molecule has 35 heavy (non-hydrogen) atoms. The van der Waals surface area contributed by atoms with E-state index in [2.05, 4.69) is 78.8 Å². The Morgan fingerprint density at radius 3 is 2.26 bits per heavy atom. The highest BCUT2D eigenvalue weighted by Gasteiger charge is 2.32. The molecule has 1 aliphatic heterocycles. The van der Waals surface area contributed by atoms with Crippen molar-refractivity contribution in [1.29, 1.82) is 0 Å². The van der Waals surface area contributed by atoms with E-state index in [9.17, 15) is 4.79 Å². The van der Waals surface area contributed by atoms with E-state index in [0.717, 1.165) is 33.2 Å². The van der Waals surface area contributed by atoms with E-state index < -0.39 is 6.04 Å². The Bertz CT molecular complexity index is 1430. The summed E-state index contributed by atoms with van der Waals surface area (Å²) in [4.78, 5) is 19.9. The van der Waals surface area contributed by atoms with Crippen molar-refractivity contribution in [3.8, 4) is 16.1 Å². The number of ether oxygens (including phenoxy) is 1. The fraction of sp³-hybridized carbons (Fsp3) is 0.259. The highest BCUT2D eigenvalue weighted by Crippen LogP contribution is 2.39. The van der Waals surface area contributed by atoms with Crippen molar-refractivity contribution in [3.05, 3.63) is 81.7 Å². The molecule has 2 aromatic heterocycles. The summed E-state index contributed by atoms with van der Waals surface area (Å²) in [6.45, 7) is 6.18. The van der Waals surface area contributed by atoms with E-state index in [1.165, 1.54) is 28.0 Å². The molecule has 1 atom stereocenters. The summed E-state index contributed by atoms with van der Waals surface area (Å²) in [5, 5.41) is 9.78. The maximum Gasteiger partial charge on any atom is 0.308 e. The van der Waals surface area contributed by atoms with Gasteiger partial charge in [-0.3, -0.25) is 14.4 Å². The maximum absolute atomic E-state index is 12.3. The Balaban J connectivity index is 1.64. The van der Waals surface area contributed by atoms with Crippen LogP contribution >= 0.6 is 23.1 Å². The predicted molar refractivity (Wildman–Crippen MR) is 142 cm³/mol.